The minimum absolute atomic E-state index is 0.00456. The van der Waals surface area contributed by atoms with Gasteiger partial charge in [0.05, 0.1) is 26.5 Å². The first-order valence-corrected chi connectivity index (χ1v) is 10.9. The van der Waals surface area contributed by atoms with E-state index in [1.807, 2.05) is 42.5 Å². The highest BCUT2D eigenvalue weighted by atomic mass is 32.1. The standard InChI is InChI=1S/C24H25NO4S/c1-4-12-29-23-17(6-5-7-20(23)28-3)18-13-21(26)25-22-19(14-30-24(18)22)15-8-10-16(27-2)11-9-15/h5-11,14,18H,4,12-13H2,1-3H3,(H,25,26)/t18-/m1/s1. The van der Waals surface area contributed by atoms with Crippen LogP contribution in [0.25, 0.3) is 11.1 Å². The molecule has 5 nitrogen and oxygen atoms in total. The summed E-state index contributed by atoms with van der Waals surface area (Å²) in [6, 6.07) is 13.8. The number of hydrogen-bond donors (Lipinski definition) is 1. The van der Waals surface area contributed by atoms with Gasteiger partial charge in [-0.25, -0.2) is 0 Å². The molecule has 156 valence electrons. The Kier molecular flexibility index (Phi) is 5.95. The Hall–Kier alpha value is -2.99. The van der Waals surface area contributed by atoms with E-state index in [1.165, 1.54) is 0 Å². The molecule has 1 aliphatic rings. The summed E-state index contributed by atoms with van der Waals surface area (Å²) in [6.07, 6.45) is 1.28. The molecule has 0 saturated carbocycles. The quantitative estimate of drug-likeness (QED) is 0.530. The molecule has 2 aromatic carbocycles. The first kappa shape index (κ1) is 20.3. The third kappa shape index (κ3) is 3.75. The number of carbonyl (C=O) groups is 1. The largest absolute Gasteiger partial charge is 0.497 e. The number of hydrogen-bond acceptors (Lipinski definition) is 5. The van der Waals surface area contributed by atoms with Gasteiger partial charge in [-0.1, -0.05) is 31.2 Å². The van der Waals surface area contributed by atoms with Crippen LogP contribution < -0.4 is 19.5 Å². The number of rotatable bonds is 7. The van der Waals surface area contributed by atoms with Crippen molar-refractivity contribution in [3.63, 3.8) is 0 Å². The summed E-state index contributed by atoms with van der Waals surface area (Å²) >= 11 is 1.67. The predicted octanol–water partition coefficient (Wildman–Crippen LogP) is 5.70. The van der Waals surface area contributed by atoms with Gasteiger partial charge in [0.2, 0.25) is 5.91 Å². The van der Waals surface area contributed by atoms with Crippen molar-refractivity contribution in [2.24, 2.45) is 0 Å². The summed E-state index contributed by atoms with van der Waals surface area (Å²) in [4.78, 5) is 13.8. The van der Waals surface area contributed by atoms with Crippen LogP contribution >= 0.6 is 11.3 Å². The van der Waals surface area contributed by atoms with Crippen LogP contribution in [0.2, 0.25) is 0 Å². The van der Waals surface area contributed by atoms with Gasteiger partial charge in [0.1, 0.15) is 5.75 Å². The van der Waals surface area contributed by atoms with Gasteiger partial charge in [-0.05, 0) is 30.2 Å². The first-order chi connectivity index (χ1) is 14.7. The molecule has 2 heterocycles. The zero-order valence-electron chi connectivity index (χ0n) is 17.4. The normalized spacial score (nSPS) is 15.3. The van der Waals surface area contributed by atoms with Crippen LogP contribution in [0.3, 0.4) is 0 Å². The maximum absolute atomic E-state index is 12.7. The summed E-state index contributed by atoms with van der Waals surface area (Å²) < 4.78 is 16.9. The number of thiophene rings is 1. The van der Waals surface area contributed by atoms with Gasteiger partial charge >= 0.3 is 0 Å². The highest BCUT2D eigenvalue weighted by Crippen LogP contribution is 2.49. The van der Waals surface area contributed by atoms with Gasteiger partial charge in [0.15, 0.2) is 11.5 Å². The Labute approximate surface area is 180 Å². The summed E-state index contributed by atoms with van der Waals surface area (Å²) in [5.41, 5.74) is 3.94. The Morgan fingerprint density at radius 3 is 2.60 bits per heavy atom. The van der Waals surface area contributed by atoms with Crippen molar-refractivity contribution >= 4 is 22.9 Å². The van der Waals surface area contributed by atoms with E-state index in [0.717, 1.165) is 45.2 Å². The van der Waals surface area contributed by atoms with Crippen LogP contribution in [0, 0.1) is 0 Å². The molecule has 0 aliphatic carbocycles. The molecule has 1 amide bonds. The number of amides is 1. The van der Waals surface area contributed by atoms with E-state index in [9.17, 15) is 4.79 Å². The topological polar surface area (TPSA) is 56.8 Å². The lowest BCUT2D eigenvalue weighted by Crippen LogP contribution is -2.23. The van der Waals surface area contributed by atoms with Crippen molar-refractivity contribution in [3.05, 3.63) is 58.3 Å². The van der Waals surface area contributed by atoms with Crippen molar-refractivity contribution in [1.82, 2.24) is 0 Å². The average Bonchev–Trinajstić information content (AvgIpc) is 3.20. The maximum Gasteiger partial charge on any atom is 0.225 e. The third-order valence-corrected chi connectivity index (χ3v) is 6.34. The van der Waals surface area contributed by atoms with Gasteiger partial charge in [-0.15, -0.1) is 11.3 Å². The van der Waals surface area contributed by atoms with Gasteiger partial charge in [-0.2, -0.15) is 0 Å². The Morgan fingerprint density at radius 1 is 1.10 bits per heavy atom. The summed E-state index contributed by atoms with van der Waals surface area (Å²) in [5, 5.41) is 5.20. The van der Waals surface area contributed by atoms with Crippen LogP contribution in [-0.2, 0) is 4.79 Å². The fourth-order valence-corrected chi connectivity index (χ4v) is 4.94. The number of ether oxygens (including phenoxy) is 3. The molecule has 1 atom stereocenters. The number of carbonyl (C=O) groups excluding carboxylic acids is 1. The van der Waals surface area contributed by atoms with Gasteiger partial charge < -0.3 is 19.5 Å². The minimum atomic E-state index is -0.0762. The summed E-state index contributed by atoms with van der Waals surface area (Å²) in [6.45, 7) is 2.67. The molecule has 0 radical (unpaired) electrons. The lowest BCUT2D eigenvalue weighted by atomic mass is 9.88. The highest BCUT2D eigenvalue weighted by Gasteiger charge is 2.33. The van der Waals surface area contributed by atoms with E-state index < -0.39 is 0 Å². The van der Waals surface area contributed by atoms with Gasteiger partial charge in [0, 0.05) is 33.7 Å². The SMILES string of the molecule is CCCOc1c(OC)cccc1[C@H]1CC(=O)Nc2c(-c3ccc(OC)cc3)csc21. The van der Waals surface area contributed by atoms with Crippen molar-refractivity contribution in [3.8, 4) is 28.4 Å². The number of nitrogens with one attached hydrogen (secondary N) is 1. The second-order valence-electron chi connectivity index (χ2n) is 7.15. The predicted molar refractivity (Wildman–Crippen MR) is 120 cm³/mol. The van der Waals surface area contributed by atoms with Gasteiger partial charge in [0.25, 0.3) is 0 Å². The van der Waals surface area contributed by atoms with Crippen molar-refractivity contribution in [1.29, 1.82) is 0 Å². The fourth-order valence-electron chi connectivity index (χ4n) is 3.79. The number of para-hydroxylation sites is 1. The molecule has 0 saturated heterocycles. The van der Waals surface area contributed by atoms with Crippen molar-refractivity contribution in [2.45, 2.75) is 25.7 Å². The van der Waals surface area contributed by atoms with Crippen LogP contribution in [-0.4, -0.2) is 26.7 Å². The highest BCUT2D eigenvalue weighted by molar-refractivity contribution is 7.11. The maximum atomic E-state index is 12.7. The summed E-state index contributed by atoms with van der Waals surface area (Å²) in [7, 11) is 3.29. The molecule has 0 bridgehead atoms. The third-order valence-electron chi connectivity index (χ3n) is 5.25. The number of fused-ring (bicyclic) bond motifs is 1. The van der Waals surface area contributed by atoms with E-state index in [4.69, 9.17) is 14.2 Å². The van der Waals surface area contributed by atoms with E-state index in [2.05, 4.69) is 17.6 Å². The van der Waals surface area contributed by atoms with Crippen LogP contribution in [0.4, 0.5) is 5.69 Å². The fraction of sp³-hybridized carbons (Fsp3) is 0.292. The zero-order valence-corrected chi connectivity index (χ0v) is 18.2. The molecule has 0 spiro atoms. The average molecular weight is 424 g/mol. The number of benzene rings is 2. The molecule has 4 rings (SSSR count). The Balaban J connectivity index is 1.78. The second-order valence-corrected chi connectivity index (χ2v) is 8.06. The number of methoxy groups -OCH3 is 2. The molecule has 3 aromatic rings. The molecule has 0 fully saturated rings. The Bertz CT molecular complexity index is 1040. The first-order valence-electron chi connectivity index (χ1n) is 10.0. The lowest BCUT2D eigenvalue weighted by molar-refractivity contribution is -0.116. The van der Waals surface area contributed by atoms with Crippen LogP contribution in [0.1, 0.15) is 36.1 Å². The molecule has 1 aromatic heterocycles. The van der Waals surface area contributed by atoms with E-state index in [-0.39, 0.29) is 11.8 Å². The van der Waals surface area contributed by atoms with Crippen LogP contribution in [0.15, 0.2) is 47.8 Å². The molecule has 1 N–H and O–H groups in total. The number of anilines is 1. The second kappa shape index (κ2) is 8.79. The van der Waals surface area contributed by atoms with E-state index in [0.29, 0.717) is 18.8 Å². The molecular formula is C24H25NO4S. The minimum Gasteiger partial charge on any atom is -0.497 e. The molecule has 1 aliphatic heterocycles. The molecule has 0 unspecified atom stereocenters. The Morgan fingerprint density at radius 2 is 1.90 bits per heavy atom. The molecule has 30 heavy (non-hydrogen) atoms. The van der Waals surface area contributed by atoms with E-state index >= 15 is 0 Å². The van der Waals surface area contributed by atoms with Crippen molar-refractivity contribution in [2.75, 3.05) is 26.1 Å². The molecule has 6 heteroatoms. The van der Waals surface area contributed by atoms with Gasteiger partial charge in [-0.3, -0.25) is 4.79 Å². The monoisotopic (exact) mass is 423 g/mol. The summed E-state index contributed by atoms with van der Waals surface area (Å²) in [5.74, 6) is 2.16. The molecular weight excluding hydrogens is 398 g/mol. The van der Waals surface area contributed by atoms with Crippen molar-refractivity contribution < 1.29 is 19.0 Å². The lowest BCUT2D eigenvalue weighted by Gasteiger charge is -2.26. The smallest absolute Gasteiger partial charge is 0.225 e. The van der Waals surface area contributed by atoms with Crippen LogP contribution in [0.5, 0.6) is 17.2 Å². The zero-order chi connectivity index (χ0) is 21.1. The van der Waals surface area contributed by atoms with E-state index in [1.54, 1.807) is 25.6 Å².